The molecule has 0 aromatic heterocycles. The summed E-state index contributed by atoms with van der Waals surface area (Å²) < 4.78 is 0. The molecular weight excluding hydrogens is 214 g/mol. The molecule has 2 N–H and O–H groups in total. The number of fused-ring (bicyclic) bond motifs is 1. The number of amides is 1. The highest BCUT2D eigenvalue weighted by Gasteiger charge is 2.49. The second kappa shape index (κ2) is 3.57. The first-order valence-electron chi connectivity index (χ1n) is 5.69. The van der Waals surface area contributed by atoms with Crippen molar-refractivity contribution in [2.24, 2.45) is 5.92 Å². The quantitative estimate of drug-likeness (QED) is 0.763. The molecule has 0 bridgehead atoms. The molecule has 17 heavy (non-hydrogen) atoms. The molecule has 2 aliphatic rings. The van der Waals surface area contributed by atoms with Gasteiger partial charge in [-0.25, -0.2) is 0 Å². The van der Waals surface area contributed by atoms with Gasteiger partial charge in [-0.15, -0.1) is 0 Å². The van der Waals surface area contributed by atoms with Gasteiger partial charge in [-0.05, 0) is 6.42 Å². The number of hydrogen-bond donors (Lipinski definition) is 2. The Bertz CT molecular complexity index is 518. The SMILES string of the molecule is O=C1NC(O)(c2ccccc2)C2CC=CC=C12. The smallest absolute Gasteiger partial charge is 0.250 e. The van der Waals surface area contributed by atoms with Crippen molar-refractivity contribution < 1.29 is 9.90 Å². The third-order valence-electron chi connectivity index (χ3n) is 3.44. The molecule has 0 spiro atoms. The number of benzene rings is 1. The Balaban J connectivity index is 2.08. The van der Waals surface area contributed by atoms with Crippen LogP contribution in [0.25, 0.3) is 0 Å². The van der Waals surface area contributed by atoms with Gasteiger partial charge in [0.2, 0.25) is 5.91 Å². The van der Waals surface area contributed by atoms with Crippen LogP contribution in [0.2, 0.25) is 0 Å². The number of carbonyl (C=O) groups excluding carboxylic acids is 1. The van der Waals surface area contributed by atoms with Gasteiger partial charge in [0, 0.05) is 17.1 Å². The molecule has 0 saturated carbocycles. The number of allylic oxidation sites excluding steroid dienone is 3. The lowest BCUT2D eigenvalue weighted by atomic mass is 9.83. The number of aliphatic hydroxyl groups is 1. The molecular formula is C14H13NO2. The fourth-order valence-corrected chi connectivity index (χ4v) is 2.56. The van der Waals surface area contributed by atoms with Gasteiger partial charge in [0.25, 0.3) is 0 Å². The molecule has 2 atom stereocenters. The maximum Gasteiger partial charge on any atom is 0.250 e. The maximum atomic E-state index is 11.8. The zero-order valence-corrected chi connectivity index (χ0v) is 9.26. The highest BCUT2D eigenvalue weighted by atomic mass is 16.3. The zero-order valence-electron chi connectivity index (χ0n) is 9.26. The second-order valence-electron chi connectivity index (χ2n) is 4.42. The molecule has 1 heterocycles. The van der Waals surface area contributed by atoms with E-state index in [-0.39, 0.29) is 11.8 Å². The molecule has 0 radical (unpaired) electrons. The Morgan fingerprint density at radius 1 is 1.29 bits per heavy atom. The van der Waals surface area contributed by atoms with Gasteiger partial charge >= 0.3 is 0 Å². The molecule has 86 valence electrons. The fraction of sp³-hybridized carbons (Fsp3) is 0.214. The van der Waals surface area contributed by atoms with Crippen LogP contribution < -0.4 is 5.32 Å². The van der Waals surface area contributed by atoms with Crippen molar-refractivity contribution in [3.05, 3.63) is 59.7 Å². The summed E-state index contributed by atoms with van der Waals surface area (Å²) in [7, 11) is 0. The van der Waals surface area contributed by atoms with Gasteiger partial charge in [-0.3, -0.25) is 4.79 Å². The minimum absolute atomic E-state index is 0.175. The van der Waals surface area contributed by atoms with Crippen molar-refractivity contribution in [1.82, 2.24) is 5.32 Å². The minimum Gasteiger partial charge on any atom is -0.366 e. The van der Waals surface area contributed by atoms with E-state index in [9.17, 15) is 9.90 Å². The van der Waals surface area contributed by atoms with Crippen LogP contribution in [-0.4, -0.2) is 11.0 Å². The van der Waals surface area contributed by atoms with Crippen molar-refractivity contribution in [2.75, 3.05) is 0 Å². The average molecular weight is 227 g/mol. The number of nitrogens with one attached hydrogen (secondary N) is 1. The van der Waals surface area contributed by atoms with Gasteiger partial charge in [0.15, 0.2) is 5.72 Å². The van der Waals surface area contributed by atoms with E-state index in [4.69, 9.17) is 0 Å². The van der Waals surface area contributed by atoms with Crippen molar-refractivity contribution in [2.45, 2.75) is 12.1 Å². The summed E-state index contributed by atoms with van der Waals surface area (Å²) in [5, 5.41) is 13.4. The summed E-state index contributed by atoms with van der Waals surface area (Å²) >= 11 is 0. The lowest BCUT2D eigenvalue weighted by Crippen LogP contribution is -2.42. The molecule has 3 nitrogen and oxygen atoms in total. The predicted octanol–water partition coefficient (Wildman–Crippen LogP) is 1.46. The second-order valence-corrected chi connectivity index (χ2v) is 4.42. The molecule has 3 heteroatoms. The van der Waals surface area contributed by atoms with Gasteiger partial charge in [0.1, 0.15) is 0 Å². The minimum atomic E-state index is -1.27. The summed E-state index contributed by atoms with van der Waals surface area (Å²) in [4.78, 5) is 11.8. The predicted molar refractivity (Wildman–Crippen MR) is 63.8 cm³/mol. The van der Waals surface area contributed by atoms with Crippen molar-refractivity contribution in [3.63, 3.8) is 0 Å². The fourth-order valence-electron chi connectivity index (χ4n) is 2.56. The Morgan fingerprint density at radius 3 is 2.82 bits per heavy atom. The topological polar surface area (TPSA) is 49.3 Å². The molecule has 1 aliphatic carbocycles. The van der Waals surface area contributed by atoms with Crippen LogP contribution in [-0.2, 0) is 10.5 Å². The Morgan fingerprint density at radius 2 is 2.06 bits per heavy atom. The molecule has 3 rings (SSSR count). The average Bonchev–Trinajstić information content (AvgIpc) is 2.65. The Hall–Kier alpha value is -1.87. The standard InChI is InChI=1S/C14H13NO2/c16-13-11-8-4-5-9-12(11)14(17,15-13)10-6-2-1-3-7-10/h1-8,12,17H,9H2,(H,15,16). The van der Waals surface area contributed by atoms with Crippen LogP contribution in [0.15, 0.2) is 54.1 Å². The molecule has 1 fully saturated rings. The summed E-state index contributed by atoms with van der Waals surface area (Å²) in [6.07, 6.45) is 6.30. The van der Waals surface area contributed by atoms with E-state index in [1.54, 1.807) is 6.08 Å². The first-order chi connectivity index (χ1) is 8.22. The van der Waals surface area contributed by atoms with Gasteiger partial charge in [0.05, 0.1) is 0 Å². The van der Waals surface area contributed by atoms with Gasteiger partial charge in [-0.1, -0.05) is 48.6 Å². The first kappa shape index (κ1) is 10.3. The van der Waals surface area contributed by atoms with Crippen LogP contribution in [0.3, 0.4) is 0 Å². The van der Waals surface area contributed by atoms with E-state index in [0.29, 0.717) is 12.0 Å². The summed E-state index contributed by atoms with van der Waals surface area (Å²) in [6, 6.07) is 9.28. The normalized spacial score (nSPS) is 30.8. The molecule has 2 unspecified atom stereocenters. The summed E-state index contributed by atoms with van der Waals surface area (Å²) in [6.45, 7) is 0. The molecule has 1 aromatic carbocycles. The van der Waals surface area contributed by atoms with E-state index < -0.39 is 5.72 Å². The van der Waals surface area contributed by atoms with Crippen LogP contribution in [0.1, 0.15) is 12.0 Å². The largest absolute Gasteiger partial charge is 0.366 e. The van der Waals surface area contributed by atoms with Crippen molar-refractivity contribution in [3.8, 4) is 0 Å². The van der Waals surface area contributed by atoms with E-state index in [2.05, 4.69) is 5.32 Å². The highest BCUT2D eigenvalue weighted by molar-refractivity contribution is 5.98. The van der Waals surface area contributed by atoms with Gasteiger partial charge < -0.3 is 10.4 Å². The Kier molecular flexibility index (Phi) is 2.16. The summed E-state index contributed by atoms with van der Waals surface area (Å²) in [5.74, 6) is -0.367. The van der Waals surface area contributed by atoms with Crippen molar-refractivity contribution >= 4 is 5.91 Å². The molecule has 1 saturated heterocycles. The van der Waals surface area contributed by atoms with Crippen LogP contribution in [0, 0.1) is 5.92 Å². The molecule has 1 aliphatic heterocycles. The monoisotopic (exact) mass is 227 g/mol. The van der Waals surface area contributed by atoms with E-state index in [0.717, 1.165) is 5.56 Å². The van der Waals surface area contributed by atoms with Crippen LogP contribution >= 0.6 is 0 Å². The number of hydrogen-bond acceptors (Lipinski definition) is 2. The highest BCUT2D eigenvalue weighted by Crippen LogP contribution is 2.41. The van der Waals surface area contributed by atoms with E-state index in [1.807, 2.05) is 42.5 Å². The van der Waals surface area contributed by atoms with E-state index >= 15 is 0 Å². The van der Waals surface area contributed by atoms with Crippen molar-refractivity contribution in [1.29, 1.82) is 0 Å². The third kappa shape index (κ3) is 1.43. The lowest BCUT2D eigenvalue weighted by Gasteiger charge is -2.30. The number of rotatable bonds is 1. The molecule has 1 amide bonds. The Labute approximate surface area is 99.5 Å². The van der Waals surface area contributed by atoms with Gasteiger partial charge in [-0.2, -0.15) is 0 Å². The van der Waals surface area contributed by atoms with Crippen LogP contribution in [0.4, 0.5) is 0 Å². The molecule has 1 aromatic rings. The maximum absolute atomic E-state index is 11.8. The lowest BCUT2D eigenvalue weighted by molar-refractivity contribution is -0.120. The summed E-state index contributed by atoms with van der Waals surface area (Å²) in [5.41, 5.74) is 0.130. The van der Waals surface area contributed by atoms with E-state index in [1.165, 1.54) is 0 Å². The first-order valence-corrected chi connectivity index (χ1v) is 5.69. The number of carbonyl (C=O) groups is 1. The third-order valence-corrected chi connectivity index (χ3v) is 3.44. The zero-order chi connectivity index (χ0) is 11.9. The van der Waals surface area contributed by atoms with Crippen LogP contribution in [0.5, 0.6) is 0 Å².